The number of allylic oxidation sites excluding steroid dienone is 1. The van der Waals surface area contributed by atoms with E-state index in [4.69, 9.17) is 5.26 Å². The van der Waals surface area contributed by atoms with Gasteiger partial charge in [-0.25, -0.2) is 0 Å². The molecule has 0 heterocycles. The lowest BCUT2D eigenvalue weighted by Gasteiger charge is -2.31. The monoisotopic (exact) mass is 287 g/mol. The van der Waals surface area contributed by atoms with Crippen LogP contribution in [0.3, 0.4) is 0 Å². The van der Waals surface area contributed by atoms with Gasteiger partial charge < -0.3 is 0 Å². The molecule has 0 unspecified atom stereocenters. The van der Waals surface area contributed by atoms with Gasteiger partial charge in [-0.2, -0.15) is 5.26 Å². The Labute approximate surface area is 131 Å². The van der Waals surface area contributed by atoms with Crippen LogP contribution in [-0.2, 0) is 0 Å². The van der Waals surface area contributed by atoms with Crippen LogP contribution in [0, 0.1) is 35.0 Å². The summed E-state index contributed by atoms with van der Waals surface area (Å²) in [5.41, 5.74) is 0. The van der Waals surface area contributed by atoms with Crippen molar-refractivity contribution < 1.29 is 0 Å². The average molecular weight is 287 g/mol. The number of rotatable bonds is 7. The number of nitriles is 1. The molecule has 2 aliphatic carbocycles. The fourth-order valence-corrected chi connectivity index (χ4v) is 4.41. The third-order valence-electron chi connectivity index (χ3n) is 6.00. The van der Waals surface area contributed by atoms with E-state index in [1.165, 1.54) is 70.6 Å². The summed E-state index contributed by atoms with van der Waals surface area (Å²) >= 11 is 0. The highest BCUT2D eigenvalue weighted by atomic mass is 14.3. The second-order valence-corrected chi connectivity index (χ2v) is 7.53. The van der Waals surface area contributed by atoms with Crippen molar-refractivity contribution in [3.05, 3.63) is 12.7 Å². The molecule has 0 radical (unpaired) electrons. The molecule has 0 bridgehead atoms. The normalized spacial score (nSPS) is 33.3. The second kappa shape index (κ2) is 9.29. The Kier molecular flexibility index (Phi) is 7.34. The molecule has 0 N–H and O–H groups in total. The molecule has 0 saturated heterocycles. The quantitative estimate of drug-likeness (QED) is 0.400. The summed E-state index contributed by atoms with van der Waals surface area (Å²) in [5, 5.41) is 8.96. The van der Waals surface area contributed by atoms with Crippen LogP contribution in [0.2, 0.25) is 0 Å². The van der Waals surface area contributed by atoms with Crippen molar-refractivity contribution in [1.82, 2.24) is 0 Å². The van der Waals surface area contributed by atoms with Gasteiger partial charge in [0.15, 0.2) is 0 Å². The van der Waals surface area contributed by atoms with Gasteiger partial charge in [0.1, 0.15) is 0 Å². The van der Waals surface area contributed by atoms with E-state index in [1.807, 2.05) is 0 Å². The van der Waals surface area contributed by atoms with Crippen LogP contribution in [0.1, 0.15) is 83.5 Å². The summed E-state index contributed by atoms with van der Waals surface area (Å²) in [7, 11) is 0. The molecule has 0 amide bonds. The van der Waals surface area contributed by atoms with Crippen LogP contribution >= 0.6 is 0 Å². The van der Waals surface area contributed by atoms with Crippen LogP contribution in [0.4, 0.5) is 0 Å². The highest BCUT2D eigenvalue weighted by Gasteiger charge is 2.24. The predicted molar refractivity (Wildman–Crippen MR) is 89.8 cm³/mol. The molecule has 0 aromatic carbocycles. The second-order valence-electron chi connectivity index (χ2n) is 7.53. The van der Waals surface area contributed by atoms with Crippen LogP contribution in [-0.4, -0.2) is 0 Å². The van der Waals surface area contributed by atoms with Crippen molar-refractivity contribution in [2.75, 3.05) is 0 Å². The van der Waals surface area contributed by atoms with E-state index >= 15 is 0 Å². The molecule has 0 atom stereocenters. The number of hydrogen-bond donors (Lipinski definition) is 0. The number of nitrogens with zero attached hydrogens (tertiary/aromatic N) is 1. The fourth-order valence-electron chi connectivity index (χ4n) is 4.41. The summed E-state index contributed by atoms with van der Waals surface area (Å²) in [5.74, 6) is 3.31. The Morgan fingerprint density at radius 3 is 1.76 bits per heavy atom. The van der Waals surface area contributed by atoms with Gasteiger partial charge in [-0.05, 0) is 56.3 Å². The highest BCUT2D eigenvalue weighted by Crippen LogP contribution is 2.37. The van der Waals surface area contributed by atoms with Crippen LogP contribution in [0.15, 0.2) is 12.7 Å². The van der Waals surface area contributed by atoms with Gasteiger partial charge in [-0.15, -0.1) is 6.58 Å². The highest BCUT2D eigenvalue weighted by molar-refractivity contribution is 4.87. The third-order valence-corrected chi connectivity index (χ3v) is 6.00. The number of hydrogen-bond acceptors (Lipinski definition) is 1. The summed E-state index contributed by atoms with van der Waals surface area (Å²) in [6.45, 7) is 3.82. The van der Waals surface area contributed by atoms with E-state index in [0.717, 1.165) is 30.6 Å². The predicted octanol–water partition coefficient (Wildman–Crippen LogP) is 6.26. The zero-order chi connectivity index (χ0) is 14.9. The van der Waals surface area contributed by atoms with Gasteiger partial charge in [-0.1, -0.05) is 51.0 Å². The first kappa shape index (κ1) is 16.6. The standard InChI is InChI=1S/C20H33N/c1-2-3-4-5-17-6-8-18(9-7-17)10-11-19-12-14-20(16-21)15-13-19/h2,17-20H,1,3-15H2/t17-,18-,19?,20?. The lowest BCUT2D eigenvalue weighted by molar-refractivity contribution is 0.221. The minimum atomic E-state index is 0.368. The molecule has 21 heavy (non-hydrogen) atoms. The Morgan fingerprint density at radius 2 is 1.29 bits per heavy atom. The summed E-state index contributed by atoms with van der Waals surface area (Å²) in [6.07, 6.45) is 19.8. The molecule has 0 aliphatic heterocycles. The third kappa shape index (κ3) is 5.85. The van der Waals surface area contributed by atoms with Gasteiger partial charge >= 0.3 is 0 Å². The van der Waals surface area contributed by atoms with E-state index < -0.39 is 0 Å². The van der Waals surface area contributed by atoms with Gasteiger partial charge in [0, 0.05) is 5.92 Å². The van der Waals surface area contributed by atoms with Crippen LogP contribution in [0.25, 0.3) is 0 Å². The van der Waals surface area contributed by atoms with Gasteiger partial charge in [0.25, 0.3) is 0 Å². The molecule has 2 saturated carbocycles. The minimum absolute atomic E-state index is 0.368. The van der Waals surface area contributed by atoms with Crippen molar-refractivity contribution in [3.8, 4) is 6.07 Å². The average Bonchev–Trinajstić information content (AvgIpc) is 2.55. The fraction of sp³-hybridized carbons (Fsp3) is 0.850. The summed E-state index contributed by atoms with van der Waals surface area (Å²) < 4.78 is 0. The lowest BCUT2D eigenvalue weighted by atomic mass is 9.75. The number of unbranched alkanes of at least 4 members (excludes halogenated alkanes) is 1. The maximum Gasteiger partial charge on any atom is 0.0655 e. The Balaban J connectivity index is 1.55. The van der Waals surface area contributed by atoms with Crippen molar-refractivity contribution in [2.45, 2.75) is 83.5 Å². The first-order chi connectivity index (χ1) is 10.3. The molecule has 0 aromatic rings. The molecule has 0 spiro atoms. The Bertz CT molecular complexity index is 324. The van der Waals surface area contributed by atoms with E-state index in [-0.39, 0.29) is 0 Å². The van der Waals surface area contributed by atoms with Crippen LogP contribution < -0.4 is 0 Å². The molecule has 1 nitrogen and oxygen atoms in total. The molecule has 0 aromatic heterocycles. The Hall–Kier alpha value is -0.770. The Morgan fingerprint density at radius 1 is 0.810 bits per heavy atom. The van der Waals surface area contributed by atoms with E-state index in [2.05, 4.69) is 18.7 Å². The van der Waals surface area contributed by atoms with Crippen molar-refractivity contribution in [3.63, 3.8) is 0 Å². The van der Waals surface area contributed by atoms with Gasteiger partial charge in [0.2, 0.25) is 0 Å². The molecule has 1 heteroatoms. The first-order valence-corrected chi connectivity index (χ1v) is 9.32. The van der Waals surface area contributed by atoms with E-state index in [0.29, 0.717) is 5.92 Å². The topological polar surface area (TPSA) is 23.8 Å². The van der Waals surface area contributed by atoms with Crippen LogP contribution in [0.5, 0.6) is 0 Å². The smallest absolute Gasteiger partial charge is 0.0655 e. The minimum Gasteiger partial charge on any atom is -0.198 e. The SMILES string of the molecule is C=CCCC[C@H]1CC[C@H](CCC2CCC(C#N)CC2)CC1. The molecule has 2 rings (SSSR count). The molecular formula is C20H33N. The zero-order valence-electron chi connectivity index (χ0n) is 13.7. The maximum atomic E-state index is 8.96. The van der Waals surface area contributed by atoms with E-state index in [9.17, 15) is 0 Å². The summed E-state index contributed by atoms with van der Waals surface area (Å²) in [6, 6.07) is 2.45. The first-order valence-electron chi connectivity index (χ1n) is 9.32. The van der Waals surface area contributed by atoms with E-state index in [1.54, 1.807) is 0 Å². The van der Waals surface area contributed by atoms with Crippen molar-refractivity contribution in [1.29, 1.82) is 5.26 Å². The maximum absolute atomic E-state index is 8.96. The van der Waals surface area contributed by atoms with Gasteiger partial charge in [-0.3, -0.25) is 0 Å². The largest absolute Gasteiger partial charge is 0.198 e. The molecule has 2 aliphatic rings. The van der Waals surface area contributed by atoms with Crippen molar-refractivity contribution >= 4 is 0 Å². The summed E-state index contributed by atoms with van der Waals surface area (Å²) in [4.78, 5) is 0. The molecule has 118 valence electrons. The molecular weight excluding hydrogens is 254 g/mol. The lowest BCUT2D eigenvalue weighted by Crippen LogP contribution is -2.17. The van der Waals surface area contributed by atoms with Gasteiger partial charge in [0.05, 0.1) is 6.07 Å². The zero-order valence-corrected chi connectivity index (χ0v) is 13.7. The molecule has 2 fully saturated rings. The van der Waals surface area contributed by atoms with Crippen molar-refractivity contribution in [2.24, 2.45) is 23.7 Å².